The largest absolute Gasteiger partial charge is 0.452 e. The zero-order valence-electron chi connectivity index (χ0n) is 21.0. The van der Waals surface area contributed by atoms with Crippen molar-refractivity contribution in [1.82, 2.24) is 10.3 Å². The molecule has 0 bridgehead atoms. The number of alkyl halides is 3. The van der Waals surface area contributed by atoms with E-state index in [1.54, 1.807) is 18.2 Å². The molecule has 0 unspecified atom stereocenters. The molecule has 1 N–H and O–H groups in total. The molecule has 2 aromatic rings. The Hall–Kier alpha value is -4.08. The highest BCUT2D eigenvalue weighted by molar-refractivity contribution is 7.98. The molecule has 0 aliphatic heterocycles. The number of nitriles is 1. The number of carbonyl (C=O) groups is 2. The third kappa shape index (κ3) is 9.63. The second kappa shape index (κ2) is 14.8. The number of nitrogens with one attached hydrogen (secondary N) is 1. The Morgan fingerprint density at radius 1 is 1.23 bits per heavy atom. The van der Waals surface area contributed by atoms with Crippen LogP contribution in [0.15, 0.2) is 75.0 Å². The minimum absolute atomic E-state index is 0.0267. The van der Waals surface area contributed by atoms with E-state index in [1.807, 2.05) is 18.4 Å². The van der Waals surface area contributed by atoms with Crippen molar-refractivity contribution in [2.75, 3.05) is 26.9 Å². The van der Waals surface area contributed by atoms with Crippen LogP contribution in [-0.2, 0) is 9.59 Å². The fraction of sp³-hybridized carbons (Fsp3) is 0.192. The molecule has 2 rings (SSSR count). The number of ether oxygens (including phenoxy) is 1. The standard InChI is InChI=1S/C26H23ClF3N5O3S/c1-32-34-21(9-19(14-36)18-5-4-6-23(10-18)39-3)13-35(2)16-33-25(26(28,29)30)24(15-37)38-22-8-17(12-31)7-20(27)11-22/h4-11,14-16,32H,13H2,1-3H3/b19-9+,25-24+,33-16?,34-21+. The zero-order valence-corrected chi connectivity index (χ0v) is 22.6. The van der Waals surface area contributed by atoms with Gasteiger partial charge in [-0.3, -0.25) is 9.59 Å². The van der Waals surface area contributed by atoms with E-state index in [0.29, 0.717) is 23.1 Å². The van der Waals surface area contributed by atoms with Crippen LogP contribution >= 0.6 is 23.4 Å². The molecule has 0 aliphatic carbocycles. The first-order valence-corrected chi connectivity index (χ1v) is 12.6. The summed E-state index contributed by atoms with van der Waals surface area (Å²) in [5.41, 5.74) is 2.30. The maximum absolute atomic E-state index is 13.8. The molecule has 0 spiro atoms. The van der Waals surface area contributed by atoms with E-state index < -0.39 is 17.6 Å². The van der Waals surface area contributed by atoms with Gasteiger partial charge in [0.25, 0.3) is 0 Å². The predicted molar refractivity (Wildman–Crippen MR) is 146 cm³/mol. The van der Waals surface area contributed by atoms with Crippen molar-refractivity contribution in [3.05, 3.63) is 76.1 Å². The first-order valence-electron chi connectivity index (χ1n) is 11.0. The third-order valence-corrected chi connectivity index (χ3v) is 5.68. The van der Waals surface area contributed by atoms with Gasteiger partial charge in [0.15, 0.2) is 24.0 Å². The number of rotatable bonds is 12. The highest BCUT2D eigenvalue weighted by Gasteiger charge is 2.38. The van der Waals surface area contributed by atoms with Crippen molar-refractivity contribution in [3.8, 4) is 11.8 Å². The van der Waals surface area contributed by atoms with Crippen molar-refractivity contribution < 1.29 is 27.5 Å². The number of carbonyl (C=O) groups excluding carboxylic acids is 2. The molecular weight excluding hydrogens is 555 g/mol. The number of hydrazone groups is 1. The van der Waals surface area contributed by atoms with E-state index >= 15 is 0 Å². The molecule has 0 fully saturated rings. The summed E-state index contributed by atoms with van der Waals surface area (Å²) >= 11 is 7.37. The lowest BCUT2D eigenvalue weighted by Gasteiger charge is -2.16. The lowest BCUT2D eigenvalue weighted by molar-refractivity contribution is -0.110. The summed E-state index contributed by atoms with van der Waals surface area (Å²) in [6.45, 7) is -0.0495. The fourth-order valence-electron chi connectivity index (χ4n) is 3.09. The summed E-state index contributed by atoms with van der Waals surface area (Å²) in [5.74, 6) is -1.37. The number of aldehydes is 2. The van der Waals surface area contributed by atoms with E-state index in [0.717, 1.165) is 23.4 Å². The second-order valence-electron chi connectivity index (χ2n) is 7.65. The highest BCUT2D eigenvalue weighted by Crippen LogP contribution is 2.31. The first kappa shape index (κ1) is 31.1. The Balaban J connectivity index is 2.37. The molecular formula is C26H23ClF3N5O3S. The molecule has 0 saturated carbocycles. The molecule has 0 atom stereocenters. The Morgan fingerprint density at radius 3 is 2.56 bits per heavy atom. The number of benzene rings is 2. The van der Waals surface area contributed by atoms with Gasteiger partial charge in [-0.2, -0.15) is 23.5 Å². The van der Waals surface area contributed by atoms with Crippen molar-refractivity contribution in [2.45, 2.75) is 11.1 Å². The fourth-order valence-corrected chi connectivity index (χ4v) is 3.78. The minimum Gasteiger partial charge on any atom is -0.452 e. The maximum Gasteiger partial charge on any atom is 0.437 e. The van der Waals surface area contributed by atoms with Crippen molar-refractivity contribution in [1.29, 1.82) is 5.26 Å². The number of nitrogens with zero attached hydrogens (tertiary/aromatic N) is 4. The SMILES string of the molecule is CN/N=C(\C=C(/C=O)c1cccc(SC)c1)CN(C)C=N/C(=C(\C=O)Oc1cc(Cl)cc(C#N)c1)C(F)(F)F. The smallest absolute Gasteiger partial charge is 0.437 e. The second-order valence-corrected chi connectivity index (χ2v) is 8.97. The average molecular weight is 578 g/mol. The normalized spacial score (nSPS) is 13.0. The van der Waals surface area contributed by atoms with E-state index in [4.69, 9.17) is 21.6 Å². The van der Waals surface area contributed by atoms with Gasteiger partial charge in [-0.25, -0.2) is 4.99 Å². The molecule has 0 amide bonds. The van der Waals surface area contributed by atoms with Crippen molar-refractivity contribution >= 4 is 53.6 Å². The van der Waals surface area contributed by atoms with E-state index in [9.17, 15) is 22.8 Å². The van der Waals surface area contributed by atoms with Gasteiger partial charge in [-0.1, -0.05) is 23.7 Å². The molecule has 0 aliphatic rings. The summed E-state index contributed by atoms with van der Waals surface area (Å²) in [7, 11) is 2.96. The lowest BCUT2D eigenvalue weighted by Crippen LogP contribution is -2.26. The van der Waals surface area contributed by atoms with Gasteiger partial charge < -0.3 is 15.1 Å². The molecule has 0 heterocycles. The summed E-state index contributed by atoms with van der Waals surface area (Å²) < 4.78 is 46.5. The molecule has 13 heteroatoms. The van der Waals surface area contributed by atoms with Gasteiger partial charge in [-0.15, -0.1) is 11.8 Å². The van der Waals surface area contributed by atoms with Gasteiger partial charge in [0.2, 0.25) is 0 Å². The highest BCUT2D eigenvalue weighted by atomic mass is 35.5. The van der Waals surface area contributed by atoms with Gasteiger partial charge in [0, 0.05) is 29.6 Å². The molecule has 39 heavy (non-hydrogen) atoms. The average Bonchev–Trinajstić information content (AvgIpc) is 2.90. The number of hydrogen-bond donors (Lipinski definition) is 1. The van der Waals surface area contributed by atoms with E-state index in [-0.39, 0.29) is 29.2 Å². The van der Waals surface area contributed by atoms with E-state index in [1.165, 1.54) is 42.9 Å². The van der Waals surface area contributed by atoms with E-state index in [2.05, 4.69) is 15.5 Å². The van der Waals surface area contributed by atoms with Gasteiger partial charge >= 0.3 is 6.18 Å². The van der Waals surface area contributed by atoms with Crippen LogP contribution in [-0.4, -0.2) is 62.6 Å². The quantitative estimate of drug-likeness (QED) is 0.0711. The number of halogens is 4. The summed E-state index contributed by atoms with van der Waals surface area (Å²) in [6, 6.07) is 12.6. The van der Waals surface area contributed by atoms with Crippen LogP contribution in [0.1, 0.15) is 11.1 Å². The summed E-state index contributed by atoms with van der Waals surface area (Å²) in [5, 5.41) is 13.2. The van der Waals surface area contributed by atoms with Gasteiger partial charge in [0.05, 0.1) is 30.2 Å². The van der Waals surface area contributed by atoms with Gasteiger partial charge in [0.1, 0.15) is 5.75 Å². The Labute approximate surface area is 232 Å². The van der Waals surface area contributed by atoms with Crippen LogP contribution in [0, 0.1) is 11.3 Å². The van der Waals surface area contributed by atoms with Crippen LogP contribution < -0.4 is 10.2 Å². The monoisotopic (exact) mass is 577 g/mol. The molecule has 0 aromatic heterocycles. The van der Waals surface area contributed by atoms with Crippen LogP contribution in [0.4, 0.5) is 13.2 Å². The van der Waals surface area contributed by atoms with Crippen LogP contribution in [0.25, 0.3) is 5.57 Å². The summed E-state index contributed by atoms with van der Waals surface area (Å²) in [4.78, 5) is 29.0. The predicted octanol–water partition coefficient (Wildman–Crippen LogP) is 5.10. The maximum atomic E-state index is 13.8. The number of allylic oxidation sites excluding steroid dienone is 3. The van der Waals surface area contributed by atoms with Gasteiger partial charge in [-0.05, 0) is 48.2 Å². The number of aliphatic imine (C=N–C) groups is 1. The first-order chi connectivity index (χ1) is 18.5. The molecule has 204 valence electrons. The summed E-state index contributed by atoms with van der Waals surface area (Å²) in [6.07, 6.45) is -0.289. The molecule has 0 radical (unpaired) electrons. The van der Waals surface area contributed by atoms with Crippen molar-refractivity contribution in [3.63, 3.8) is 0 Å². The zero-order chi connectivity index (χ0) is 29.0. The molecule has 0 saturated heterocycles. The molecule has 8 nitrogen and oxygen atoms in total. The van der Waals surface area contributed by atoms with Crippen molar-refractivity contribution in [2.24, 2.45) is 10.1 Å². The minimum atomic E-state index is -5.06. The molecule has 2 aromatic carbocycles. The lowest BCUT2D eigenvalue weighted by atomic mass is 10.1. The Kier molecular flexibility index (Phi) is 11.8. The number of hydrogen-bond acceptors (Lipinski definition) is 8. The number of thioether (sulfide) groups is 1. The topological polar surface area (TPSA) is 107 Å². The van der Waals surface area contributed by atoms with Crippen LogP contribution in [0.2, 0.25) is 5.02 Å². The Bertz CT molecular complexity index is 1370. The Morgan fingerprint density at radius 2 is 1.97 bits per heavy atom. The van der Waals surface area contributed by atoms with Crippen LogP contribution in [0.5, 0.6) is 5.75 Å². The third-order valence-electron chi connectivity index (χ3n) is 4.74. The van der Waals surface area contributed by atoms with Crippen LogP contribution in [0.3, 0.4) is 0 Å².